The van der Waals surface area contributed by atoms with Crippen molar-refractivity contribution < 1.29 is 0 Å². The Hall–Kier alpha value is -2.23. The molecule has 0 radical (unpaired) electrons. The van der Waals surface area contributed by atoms with Crippen LogP contribution in [-0.2, 0) is 0 Å². The minimum absolute atomic E-state index is 0.878. The molecule has 3 rings (SSSR count). The fourth-order valence-corrected chi connectivity index (χ4v) is 3.85. The highest BCUT2D eigenvalue weighted by Gasteiger charge is 2.09. The average Bonchev–Trinajstić information content (AvgIpc) is 2.73. The zero-order chi connectivity index (χ0) is 19.2. The van der Waals surface area contributed by atoms with Gasteiger partial charge in [0.05, 0.1) is 11.4 Å². The average molecular weight is 390 g/mol. The Morgan fingerprint density at radius 1 is 0.778 bits per heavy atom. The highest BCUT2D eigenvalue weighted by Crippen LogP contribution is 2.27. The van der Waals surface area contributed by atoms with Crippen molar-refractivity contribution in [3.8, 4) is 0 Å². The predicted octanol–water partition coefficient (Wildman–Crippen LogP) is 7.04. The van der Waals surface area contributed by atoms with Crippen molar-refractivity contribution >= 4 is 34.7 Å². The lowest BCUT2D eigenvalue weighted by Crippen LogP contribution is -1.96. The van der Waals surface area contributed by atoms with E-state index < -0.39 is 0 Å². The van der Waals surface area contributed by atoms with E-state index in [9.17, 15) is 0 Å². The van der Waals surface area contributed by atoms with Gasteiger partial charge in [-0.25, -0.2) is 4.98 Å². The lowest BCUT2D eigenvalue weighted by Gasteiger charge is -2.11. The summed E-state index contributed by atoms with van der Waals surface area (Å²) in [5, 5.41) is 0. The number of aromatic nitrogens is 1. The molecule has 27 heavy (non-hydrogen) atoms. The van der Waals surface area contributed by atoms with Gasteiger partial charge in [0.1, 0.15) is 0 Å². The molecule has 0 spiro atoms. The van der Waals surface area contributed by atoms with Gasteiger partial charge in [-0.05, 0) is 59.5 Å². The van der Waals surface area contributed by atoms with E-state index in [0.717, 1.165) is 39.4 Å². The van der Waals surface area contributed by atoms with E-state index in [-0.39, 0.29) is 0 Å². The van der Waals surface area contributed by atoms with Gasteiger partial charge in [0.25, 0.3) is 0 Å². The molecule has 0 N–H and O–H groups in total. The fraction of sp³-hybridized carbons (Fsp3) is 0.125. The number of benzene rings is 2. The SMILES string of the molecule is C=C(c1ccc(SC)cc1)c1cccc(C(=C)c2ccc(SCC)cc2)n1. The van der Waals surface area contributed by atoms with Crippen LogP contribution < -0.4 is 0 Å². The van der Waals surface area contributed by atoms with Gasteiger partial charge in [0.2, 0.25) is 0 Å². The molecular weight excluding hydrogens is 366 g/mol. The molecule has 1 nitrogen and oxygen atoms in total. The lowest BCUT2D eigenvalue weighted by atomic mass is 10.0. The third kappa shape index (κ3) is 4.74. The van der Waals surface area contributed by atoms with Crippen molar-refractivity contribution in [1.82, 2.24) is 4.98 Å². The molecule has 0 aliphatic carbocycles. The molecular formula is C24H23NS2. The minimum atomic E-state index is 0.878. The minimum Gasteiger partial charge on any atom is -0.248 e. The van der Waals surface area contributed by atoms with E-state index in [1.54, 1.807) is 11.8 Å². The summed E-state index contributed by atoms with van der Waals surface area (Å²) in [5.41, 5.74) is 5.79. The van der Waals surface area contributed by atoms with Crippen LogP contribution in [0.4, 0.5) is 0 Å². The van der Waals surface area contributed by atoms with Crippen molar-refractivity contribution in [3.05, 3.63) is 102 Å². The van der Waals surface area contributed by atoms with Crippen LogP contribution in [0.5, 0.6) is 0 Å². The lowest BCUT2D eigenvalue weighted by molar-refractivity contribution is 1.23. The molecule has 136 valence electrons. The van der Waals surface area contributed by atoms with Gasteiger partial charge in [-0.1, -0.05) is 50.4 Å². The quantitative estimate of drug-likeness (QED) is 0.402. The second-order valence-electron chi connectivity index (χ2n) is 6.05. The molecule has 0 bridgehead atoms. The smallest absolute Gasteiger partial charge is 0.0709 e. The molecule has 0 atom stereocenters. The number of hydrogen-bond donors (Lipinski definition) is 0. The molecule has 3 heteroatoms. The summed E-state index contributed by atoms with van der Waals surface area (Å²) in [6.07, 6.45) is 2.08. The monoisotopic (exact) mass is 389 g/mol. The molecule has 1 heterocycles. The number of pyridine rings is 1. The topological polar surface area (TPSA) is 12.9 Å². The van der Waals surface area contributed by atoms with Crippen molar-refractivity contribution in [3.63, 3.8) is 0 Å². The zero-order valence-corrected chi connectivity index (χ0v) is 17.4. The Morgan fingerprint density at radius 2 is 1.26 bits per heavy atom. The third-order valence-corrected chi connectivity index (χ3v) is 5.96. The Balaban J connectivity index is 1.83. The molecule has 0 amide bonds. The summed E-state index contributed by atoms with van der Waals surface area (Å²) in [5.74, 6) is 1.07. The standard InChI is InChI=1S/C24H23NS2/c1-5-27-22-15-11-20(12-16-22)18(3)24-8-6-7-23(25-24)17(2)19-9-13-21(26-4)14-10-19/h6-16H,2-3,5H2,1,4H3. The van der Waals surface area contributed by atoms with E-state index >= 15 is 0 Å². The fourth-order valence-electron chi connectivity index (χ4n) is 2.78. The molecule has 0 unspecified atom stereocenters. The van der Waals surface area contributed by atoms with Crippen LogP contribution >= 0.6 is 23.5 Å². The van der Waals surface area contributed by atoms with Crippen molar-refractivity contribution in [1.29, 1.82) is 0 Å². The van der Waals surface area contributed by atoms with Crippen LogP contribution in [0, 0.1) is 0 Å². The summed E-state index contributed by atoms with van der Waals surface area (Å²) < 4.78 is 0. The first kappa shape index (κ1) is 19.5. The first-order valence-electron chi connectivity index (χ1n) is 8.85. The maximum absolute atomic E-state index is 4.82. The number of thioether (sulfide) groups is 2. The summed E-state index contributed by atoms with van der Waals surface area (Å²) in [6, 6.07) is 23.0. The van der Waals surface area contributed by atoms with E-state index in [1.807, 2.05) is 30.0 Å². The molecule has 0 aliphatic heterocycles. The predicted molar refractivity (Wildman–Crippen MR) is 122 cm³/mol. The maximum atomic E-state index is 4.82. The molecule has 2 aromatic carbocycles. The maximum Gasteiger partial charge on any atom is 0.0709 e. The highest BCUT2D eigenvalue weighted by atomic mass is 32.2. The van der Waals surface area contributed by atoms with Crippen LogP contribution in [-0.4, -0.2) is 17.0 Å². The largest absolute Gasteiger partial charge is 0.248 e. The van der Waals surface area contributed by atoms with Crippen LogP contribution in [0.3, 0.4) is 0 Å². The van der Waals surface area contributed by atoms with Crippen LogP contribution in [0.25, 0.3) is 11.1 Å². The molecule has 0 saturated carbocycles. The van der Waals surface area contributed by atoms with Gasteiger partial charge in [-0.2, -0.15) is 0 Å². The Labute approximate surface area is 170 Å². The molecule has 0 saturated heterocycles. The third-order valence-electron chi connectivity index (χ3n) is 4.32. The molecule has 3 aromatic rings. The number of nitrogens with zero attached hydrogens (tertiary/aromatic N) is 1. The Kier molecular flexibility index (Phi) is 6.59. The van der Waals surface area contributed by atoms with E-state index in [4.69, 9.17) is 4.98 Å². The van der Waals surface area contributed by atoms with E-state index in [2.05, 4.69) is 74.9 Å². The summed E-state index contributed by atoms with van der Waals surface area (Å²) in [7, 11) is 0. The normalized spacial score (nSPS) is 10.6. The van der Waals surface area contributed by atoms with Gasteiger partial charge < -0.3 is 0 Å². The van der Waals surface area contributed by atoms with E-state index in [1.165, 1.54) is 9.79 Å². The molecule has 1 aromatic heterocycles. The van der Waals surface area contributed by atoms with Crippen molar-refractivity contribution in [2.24, 2.45) is 0 Å². The first-order chi connectivity index (χ1) is 13.1. The number of hydrogen-bond acceptors (Lipinski definition) is 3. The molecule has 0 fully saturated rings. The van der Waals surface area contributed by atoms with Crippen LogP contribution in [0.2, 0.25) is 0 Å². The second kappa shape index (κ2) is 9.12. The van der Waals surface area contributed by atoms with Crippen LogP contribution in [0.15, 0.2) is 89.7 Å². The second-order valence-corrected chi connectivity index (χ2v) is 8.27. The highest BCUT2D eigenvalue weighted by molar-refractivity contribution is 7.99. The zero-order valence-electron chi connectivity index (χ0n) is 15.7. The van der Waals surface area contributed by atoms with Gasteiger partial charge >= 0.3 is 0 Å². The van der Waals surface area contributed by atoms with Crippen molar-refractivity contribution in [2.75, 3.05) is 12.0 Å². The van der Waals surface area contributed by atoms with Gasteiger partial charge in [0, 0.05) is 20.9 Å². The Bertz CT molecular complexity index is 941. The van der Waals surface area contributed by atoms with Gasteiger partial charge in [-0.15, -0.1) is 23.5 Å². The van der Waals surface area contributed by atoms with E-state index in [0.29, 0.717) is 0 Å². The summed E-state index contributed by atoms with van der Waals surface area (Å²) >= 11 is 3.57. The van der Waals surface area contributed by atoms with Crippen LogP contribution in [0.1, 0.15) is 29.4 Å². The van der Waals surface area contributed by atoms with Gasteiger partial charge in [0.15, 0.2) is 0 Å². The van der Waals surface area contributed by atoms with Gasteiger partial charge in [-0.3, -0.25) is 0 Å². The van der Waals surface area contributed by atoms with Crippen molar-refractivity contribution in [2.45, 2.75) is 16.7 Å². The summed E-state index contributed by atoms with van der Waals surface area (Å²) in [4.78, 5) is 7.33. The summed E-state index contributed by atoms with van der Waals surface area (Å²) in [6.45, 7) is 10.7. The Morgan fingerprint density at radius 3 is 1.70 bits per heavy atom. The molecule has 0 aliphatic rings. The number of rotatable bonds is 7. The first-order valence-corrected chi connectivity index (χ1v) is 11.1.